The second-order valence-electron chi connectivity index (χ2n) is 20.3. The molecule has 4 aromatic rings. The molecule has 0 saturated carbocycles. The maximum absolute atomic E-state index is 6.15. The fraction of sp³-hybridized carbons (Fsp3) is 0.625. The van der Waals surface area contributed by atoms with Crippen molar-refractivity contribution in [1.82, 2.24) is 29.0 Å². The Hall–Kier alpha value is -1.58. The Kier molecular flexibility index (Phi) is 17.6. The van der Waals surface area contributed by atoms with Crippen LogP contribution in [0.2, 0.25) is 36.3 Å². The number of halogens is 1. The molecular formula is C48H76ClN6NaO2Si2. The fourth-order valence-electron chi connectivity index (χ4n) is 8.22. The Morgan fingerprint density at radius 1 is 0.717 bits per heavy atom. The number of H-pyrrole nitrogens is 1. The zero-order chi connectivity index (χ0) is 42.4. The third kappa shape index (κ3) is 12.6. The van der Waals surface area contributed by atoms with Crippen LogP contribution in [0.15, 0.2) is 61.2 Å². The van der Waals surface area contributed by atoms with Gasteiger partial charge in [-0.2, -0.15) is 11.1 Å². The van der Waals surface area contributed by atoms with Crippen LogP contribution in [-0.2, 0) is 9.47 Å². The van der Waals surface area contributed by atoms with Crippen LogP contribution in [0.1, 0.15) is 105 Å². The third-order valence-corrected chi connectivity index (χ3v) is 24.7. The minimum Gasteiger partial charge on any atom is -1.00 e. The fourth-order valence-corrected chi connectivity index (χ4v) is 10.1. The summed E-state index contributed by atoms with van der Waals surface area (Å²) in [7, 11) is -3.05. The summed E-state index contributed by atoms with van der Waals surface area (Å²) < 4.78 is 13.7. The first-order valence-corrected chi connectivity index (χ1v) is 29.5. The monoisotopic (exact) mass is 883 g/mol. The molecule has 0 aromatic carbocycles. The maximum Gasteiger partial charge on any atom is 1.00 e. The standard InChI is InChI=1S/C24H37N3OSi.C18H23N3O.C6H15ClSi.Na.H/c1-24(2,3)29(4,5)27-13-11-20-17-21(18-25-23(20)27)19-7-9-22(10-8-19)26-12-6-15-28-16-14-26;1-8-21(9-11-22-10-1)17-4-2-14(3-5-17)16-12-15-6-7-19-18(15)20-13-16;1-6(2,3)8(4,5)7;;/h7,11,13,17-18,22H,6,8-10,12,14-16H2,1-5H3;2,6-7,12-13,17H,1,3-5,8-11H2,(H,19,20);1-5H3;;/q;;;+1;-1. The molecule has 2 aliphatic heterocycles. The van der Waals surface area contributed by atoms with Crippen LogP contribution in [0.25, 0.3) is 33.2 Å². The van der Waals surface area contributed by atoms with Gasteiger partial charge in [-0.1, -0.05) is 79.9 Å². The van der Waals surface area contributed by atoms with Crippen LogP contribution in [-0.4, -0.2) is 109 Å². The minimum atomic E-state index is -1.66. The largest absolute Gasteiger partial charge is 1.00 e. The Bertz CT molecular complexity index is 2020. The molecule has 0 amide bonds. The Balaban J connectivity index is 0.000000227. The molecule has 8 rings (SSSR count). The molecule has 4 aromatic heterocycles. The molecule has 6 heterocycles. The molecule has 60 heavy (non-hydrogen) atoms. The van der Waals surface area contributed by atoms with Crippen LogP contribution in [0.3, 0.4) is 0 Å². The number of fused-ring (bicyclic) bond motifs is 2. The first-order chi connectivity index (χ1) is 27.9. The number of ether oxygens (including phenoxy) is 2. The van der Waals surface area contributed by atoms with Crippen LogP contribution in [0.5, 0.6) is 0 Å². The SMILES string of the molecule is C1=C(c2cnc3[nH]ccc3c2)CCC(N2CCCOCC2)C1.CC(C)(C)[Si](C)(C)Cl.CC(C)(C)[Si](C)(C)n1ccc2cc(C3=CCC(N4CCCOCC4)CC3)cnc21.[H-].[Na+]. The predicted octanol–water partition coefficient (Wildman–Crippen LogP) is 9.12. The molecule has 1 N–H and O–H groups in total. The number of pyridine rings is 2. The van der Waals surface area contributed by atoms with Gasteiger partial charge < -0.3 is 20.1 Å². The summed E-state index contributed by atoms with van der Waals surface area (Å²) in [5.74, 6) is 0. The van der Waals surface area contributed by atoms with Gasteiger partial charge in [0.05, 0.1) is 13.2 Å². The second kappa shape index (κ2) is 21.4. The van der Waals surface area contributed by atoms with Crippen molar-refractivity contribution in [2.24, 2.45) is 0 Å². The van der Waals surface area contributed by atoms with E-state index in [1.807, 2.05) is 12.4 Å². The normalized spacial score (nSPS) is 21.6. The summed E-state index contributed by atoms with van der Waals surface area (Å²) in [6.07, 6.45) is 22.7. The topological polar surface area (TPSA) is 71.4 Å². The Morgan fingerprint density at radius 3 is 1.72 bits per heavy atom. The van der Waals surface area contributed by atoms with Gasteiger partial charge >= 0.3 is 29.6 Å². The smallest absolute Gasteiger partial charge is 1.00 e. The quantitative estimate of drug-likeness (QED) is 0.159. The number of aromatic amines is 1. The van der Waals surface area contributed by atoms with Gasteiger partial charge in [0.15, 0.2) is 15.6 Å². The van der Waals surface area contributed by atoms with Crippen molar-refractivity contribution in [3.63, 3.8) is 0 Å². The van der Waals surface area contributed by atoms with E-state index in [9.17, 15) is 0 Å². The molecule has 2 atom stereocenters. The van der Waals surface area contributed by atoms with Crippen molar-refractivity contribution in [3.8, 4) is 0 Å². The number of nitrogens with one attached hydrogen (secondary N) is 1. The third-order valence-electron chi connectivity index (χ3n) is 14.2. The van der Waals surface area contributed by atoms with Crippen molar-refractivity contribution in [1.29, 1.82) is 0 Å². The molecule has 2 aliphatic carbocycles. The van der Waals surface area contributed by atoms with E-state index in [4.69, 9.17) is 25.5 Å². The molecule has 0 spiro atoms. The Morgan fingerprint density at radius 2 is 1.23 bits per heavy atom. The number of hydrogen-bond acceptors (Lipinski definition) is 6. The zero-order valence-corrected chi connectivity index (χ0v) is 43.9. The second-order valence-corrected chi connectivity index (χ2v) is 32.7. The van der Waals surface area contributed by atoms with Gasteiger partial charge in [0.1, 0.15) is 11.3 Å². The molecule has 12 heteroatoms. The van der Waals surface area contributed by atoms with Gasteiger partial charge in [-0.15, -0.1) is 0 Å². The van der Waals surface area contributed by atoms with Crippen molar-refractivity contribution in [2.45, 2.75) is 141 Å². The van der Waals surface area contributed by atoms with Crippen LogP contribution < -0.4 is 29.6 Å². The van der Waals surface area contributed by atoms with Gasteiger partial charge in [0.25, 0.3) is 0 Å². The van der Waals surface area contributed by atoms with Crippen LogP contribution >= 0.6 is 11.1 Å². The van der Waals surface area contributed by atoms with E-state index in [1.54, 1.807) is 0 Å². The minimum absolute atomic E-state index is 0. The summed E-state index contributed by atoms with van der Waals surface area (Å²) >= 11 is 6.15. The predicted molar refractivity (Wildman–Crippen MR) is 258 cm³/mol. The van der Waals surface area contributed by atoms with E-state index >= 15 is 0 Å². The van der Waals surface area contributed by atoms with Gasteiger partial charge in [0.2, 0.25) is 0 Å². The summed E-state index contributed by atoms with van der Waals surface area (Å²) in [4.78, 5) is 17.9. The number of hydrogen-bond donors (Lipinski definition) is 1. The van der Waals surface area contributed by atoms with E-state index in [2.05, 4.69) is 141 Å². The van der Waals surface area contributed by atoms with E-state index in [-0.39, 0.29) is 31.0 Å². The summed E-state index contributed by atoms with van der Waals surface area (Å²) in [6.45, 7) is 31.1. The van der Waals surface area contributed by atoms with E-state index in [0.29, 0.717) is 22.2 Å². The van der Waals surface area contributed by atoms with Crippen molar-refractivity contribution in [3.05, 3.63) is 72.3 Å². The summed E-state index contributed by atoms with van der Waals surface area (Å²) in [6, 6.07) is 10.3. The average Bonchev–Trinajstić information content (AvgIpc) is 3.63. The molecule has 0 bridgehead atoms. The number of aromatic nitrogens is 4. The van der Waals surface area contributed by atoms with Crippen LogP contribution in [0.4, 0.5) is 0 Å². The van der Waals surface area contributed by atoms with Crippen molar-refractivity contribution < 1.29 is 40.5 Å². The van der Waals surface area contributed by atoms with Gasteiger partial charge in [0, 0.05) is 80.8 Å². The van der Waals surface area contributed by atoms with Gasteiger partial charge in [-0.05, 0) is 114 Å². The van der Waals surface area contributed by atoms with Gasteiger partial charge in [-0.3, -0.25) is 9.80 Å². The number of nitrogens with zero attached hydrogens (tertiary/aromatic N) is 5. The van der Waals surface area contributed by atoms with E-state index in [1.165, 1.54) is 71.8 Å². The average molecular weight is 884 g/mol. The maximum atomic E-state index is 6.15. The van der Waals surface area contributed by atoms with Crippen molar-refractivity contribution in [2.75, 3.05) is 52.6 Å². The van der Waals surface area contributed by atoms with Crippen LogP contribution in [0, 0.1) is 0 Å². The number of rotatable bonds is 5. The number of allylic oxidation sites excluding steroid dienone is 2. The van der Waals surface area contributed by atoms with E-state index in [0.717, 1.165) is 76.5 Å². The molecule has 326 valence electrons. The summed E-state index contributed by atoms with van der Waals surface area (Å²) in [5, 5.41) is 3.11. The molecule has 0 radical (unpaired) electrons. The molecule has 2 saturated heterocycles. The first kappa shape index (κ1) is 49.4. The zero-order valence-electron chi connectivity index (χ0n) is 40.2. The molecule has 8 nitrogen and oxygen atoms in total. The molecular weight excluding hydrogens is 807 g/mol. The molecule has 2 unspecified atom stereocenters. The first-order valence-electron chi connectivity index (χ1n) is 22.5. The van der Waals surface area contributed by atoms with Gasteiger partial charge in [-0.25, -0.2) is 9.97 Å². The summed E-state index contributed by atoms with van der Waals surface area (Å²) in [5.41, 5.74) is 7.65. The molecule has 4 aliphatic rings. The van der Waals surface area contributed by atoms with E-state index < -0.39 is 15.6 Å². The van der Waals surface area contributed by atoms with Crippen molar-refractivity contribution >= 4 is 59.9 Å². The Labute approximate surface area is 392 Å². The molecule has 2 fully saturated rings.